The maximum Gasteiger partial charge on any atom is 0.248 e. The van der Waals surface area contributed by atoms with Crippen LogP contribution in [-0.4, -0.2) is 45.9 Å². The number of carbonyl (C=O) groups excluding carboxylic acids is 1. The highest BCUT2D eigenvalue weighted by molar-refractivity contribution is 7.89. The van der Waals surface area contributed by atoms with E-state index >= 15 is 0 Å². The highest BCUT2D eigenvalue weighted by Crippen LogP contribution is 2.31. The largest absolute Gasteiger partial charge is 0.493 e. The first-order valence-corrected chi connectivity index (χ1v) is 11.7. The molecule has 166 valence electrons. The van der Waals surface area contributed by atoms with Gasteiger partial charge < -0.3 is 14.8 Å². The van der Waals surface area contributed by atoms with E-state index in [2.05, 4.69) is 5.32 Å². The molecule has 3 rings (SSSR count). The third-order valence-electron chi connectivity index (χ3n) is 5.15. The van der Waals surface area contributed by atoms with E-state index in [9.17, 15) is 13.2 Å². The van der Waals surface area contributed by atoms with Crippen molar-refractivity contribution in [2.75, 3.05) is 32.6 Å². The van der Waals surface area contributed by atoms with Crippen LogP contribution >= 0.6 is 0 Å². The smallest absolute Gasteiger partial charge is 0.248 e. The highest BCUT2D eigenvalue weighted by Gasteiger charge is 2.25. The second kappa shape index (κ2) is 10.5. The number of ether oxygens (including phenoxy) is 2. The van der Waals surface area contributed by atoms with E-state index in [1.54, 1.807) is 49.6 Å². The minimum Gasteiger partial charge on any atom is -0.493 e. The predicted molar refractivity (Wildman–Crippen MR) is 121 cm³/mol. The average molecular weight is 445 g/mol. The number of para-hydroxylation sites is 1. The molecule has 7 nitrogen and oxygen atoms in total. The quantitative estimate of drug-likeness (QED) is 0.655. The molecule has 0 saturated carbocycles. The van der Waals surface area contributed by atoms with Crippen molar-refractivity contribution in [2.24, 2.45) is 0 Å². The molecular formula is C23H28N2O5S. The molecular weight excluding hydrogens is 416 g/mol. The summed E-state index contributed by atoms with van der Waals surface area (Å²) in [6, 6.07) is 11.7. The first kappa shape index (κ1) is 22.8. The van der Waals surface area contributed by atoms with Crippen molar-refractivity contribution in [2.45, 2.75) is 30.6 Å². The van der Waals surface area contributed by atoms with Crippen LogP contribution in [0.25, 0.3) is 6.08 Å². The lowest BCUT2D eigenvalue weighted by Crippen LogP contribution is -2.32. The van der Waals surface area contributed by atoms with Crippen LogP contribution < -0.4 is 14.8 Å². The number of hydrogen-bond acceptors (Lipinski definition) is 5. The van der Waals surface area contributed by atoms with Gasteiger partial charge in [-0.3, -0.25) is 4.79 Å². The van der Waals surface area contributed by atoms with Gasteiger partial charge in [-0.1, -0.05) is 31.0 Å². The van der Waals surface area contributed by atoms with Crippen LogP contribution in [0.2, 0.25) is 0 Å². The summed E-state index contributed by atoms with van der Waals surface area (Å²) in [5, 5.41) is 2.73. The van der Waals surface area contributed by atoms with Crippen molar-refractivity contribution in [1.29, 1.82) is 0 Å². The molecule has 0 bridgehead atoms. The van der Waals surface area contributed by atoms with Crippen molar-refractivity contribution in [3.8, 4) is 11.5 Å². The first-order valence-electron chi connectivity index (χ1n) is 10.3. The van der Waals surface area contributed by atoms with Gasteiger partial charge in [-0.05, 0) is 43.2 Å². The maximum absolute atomic E-state index is 13.0. The topological polar surface area (TPSA) is 84.9 Å². The molecule has 1 aliphatic rings. The summed E-state index contributed by atoms with van der Waals surface area (Å²) in [4.78, 5) is 12.6. The number of methoxy groups -OCH3 is 2. The molecule has 0 aromatic heterocycles. The maximum atomic E-state index is 13.0. The summed E-state index contributed by atoms with van der Waals surface area (Å²) in [6.45, 7) is 1.06. The molecule has 0 aliphatic carbocycles. The molecule has 31 heavy (non-hydrogen) atoms. The number of carbonyl (C=O) groups is 1. The minimum atomic E-state index is -3.58. The Labute approximate surface area is 183 Å². The molecule has 1 N–H and O–H groups in total. The van der Waals surface area contributed by atoms with E-state index in [1.165, 1.54) is 23.6 Å². The van der Waals surface area contributed by atoms with Crippen LogP contribution in [0.1, 0.15) is 31.2 Å². The molecule has 2 aromatic rings. The SMILES string of the molecule is COc1cccc(/C=C/C(=O)Nc2cccc(S(=O)(=O)N3CCCCCC3)c2)c1OC. The van der Waals surface area contributed by atoms with Crippen molar-refractivity contribution in [1.82, 2.24) is 4.31 Å². The number of amides is 1. The van der Waals surface area contributed by atoms with Crippen LogP contribution in [0.4, 0.5) is 5.69 Å². The minimum absolute atomic E-state index is 0.186. The Morgan fingerprint density at radius 3 is 2.39 bits per heavy atom. The summed E-state index contributed by atoms with van der Waals surface area (Å²) in [6.07, 6.45) is 6.82. The van der Waals surface area contributed by atoms with Crippen molar-refractivity contribution in [3.05, 3.63) is 54.1 Å². The first-order chi connectivity index (χ1) is 15.0. The summed E-state index contributed by atoms with van der Waals surface area (Å²) in [5.41, 5.74) is 1.11. The van der Waals surface area contributed by atoms with Crippen molar-refractivity contribution < 1.29 is 22.7 Å². The van der Waals surface area contributed by atoms with E-state index in [0.717, 1.165) is 25.7 Å². The summed E-state index contributed by atoms with van der Waals surface area (Å²) in [7, 11) is -0.502. The molecule has 2 aromatic carbocycles. The van der Waals surface area contributed by atoms with Gasteiger partial charge in [0.25, 0.3) is 0 Å². The lowest BCUT2D eigenvalue weighted by molar-refractivity contribution is -0.111. The Bertz CT molecular complexity index is 1040. The van der Waals surface area contributed by atoms with Crippen molar-refractivity contribution >= 4 is 27.7 Å². The number of anilines is 1. The van der Waals surface area contributed by atoms with Crippen molar-refractivity contribution in [3.63, 3.8) is 0 Å². The van der Waals surface area contributed by atoms with Gasteiger partial charge in [-0.15, -0.1) is 0 Å². The average Bonchev–Trinajstić information content (AvgIpc) is 3.07. The normalized spacial score (nSPS) is 15.4. The molecule has 1 fully saturated rings. The zero-order chi connectivity index (χ0) is 22.3. The van der Waals surface area contributed by atoms with E-state index in [-0.39, 0.29) is 10.8 Å². The fourth-order valence-electron chi connectivity index (χ4n) is 3.56. The van der Waals surface area contributed by atoms with Crippen LogP contribution in [0.5, 0.6) is 11.5 Å². The zero-order valence-electron chi connectivity index (χ0n) is 17.8. The van der Waals surface area contributed by atoms with Gasteiger partial charge >= 0.3 is 0 Å². The van der Waals surface area contributed by atoms with Crippen LogP contribution in [0.15, 0.2) is 53.4 Å². The van der Waals surface area contributed by atoms with Gasteiger partial charge in [0.15, 0.2) is 11.5 Å². The molecule has 1 saturated heterocycles. The highest BCUT2D eigenvalue weighted by atomic mass is 32.2. The third kappa shape index (κ3) is 5.65. The molecule has 1 aliphatic heterocycles. The molecule has 1 heterocycles. The van der Waals surface area contributed by atoms with Crippen LogP contribution in [0, 0.1) is 0 Å². The lowest BCUT2D eigenvalue weighted by Gasteiger charge is -2.20. The second-order valence-electron chi connectivity index (χ2n) is 7.25. The number of benzene rings is 2. The van der Waals surface area contributed by atoms with E-state index in [0.29, 0.717) is 35.8 Å². The summed E-state index contributed by atoms with van der Waals surface area (Å²) >= 11 is 0. The van der Waals surface area contributed by atoms with Crippen LogP contribution in [0.3, 0.4) is 0 Å². The number of rotatable bonds is 7. The molecule has 0 radical (unpaired) electrons. The Morgan fingerprint density at radius 2 is 1.71 bits per heavy atom. The Hall–Kier alpha value is -2.84. The van der Waals surface area contributed by atoms with E-state index < -0.39 is 10.0 Å². The zero-order valence-corrected chi connectivity index (χ0v) is 18.7. The fraction of sp³-hybridized carbons (Fsp3) is 0.348. The molecule has 0 atom stereocenters. The number of nitrogens with zero attached hydrogens (tertiary/aromatic N) is 1. The molecule has 8 heteroatoms. The molecule has 0 spiro atoms. The molecule has 1 amide bonds. The van der Waals surface area contributed by atoms with Gasteiger partial charge in [-0.25, -0.2) is 8.42 Å². The van der Waals surface area contributed by atoms with Gasteiger partial charge in [0, 0.05) is 30.4 Å². The predicted octanol–water partition coefficient (Wildman–Crippen LogP) is 3.92. The van der Waals surface area contributed by atoms with E-state index in [1.807, 2.05) is 0 Å². The van der Waals surface area contributed by atoms with Crippen LogP contribution in [-0.2, 0) is 14.8 Å². The fourth-order valence-corrected chi connectivity index (χ4v) is 5.12. The summed E-state index contributed by atoms with van der Waals surface area (Å²) < 4.78 is 38.1. The van der Waals surface area contributed by atoms with Gasteiger partial charge in [-0.2, -0.15) is 4.31 Å². The molecule has 0 unspecified atom stereocenters. The third-order valence-corrected chi connectivity index (χ3v) is 7.05. The Kier molecular flexibility index (Phi) is 7.70. The van der Waals surface area contributed by atoms with Gasteiger partial charge in [0.2, 0.25) is 15.9 Å². The monoisotopic (exact) mass is 444 g/mol. The second-order valence-corrected chi connectivity index (χ2v) is 9.19. The Balaban J connectivity index is 1.74. The van der Waals surface area contributed by atoms with E-state index in [4.69, 9.17) is 9.47 Å². The number of nitrogens with one attached hydrogen (secondary N) is 1. The number of sulfonamides is 1. The lowest BCUT2D eigenvalue weighted by atomic mass is 10.1. The standard InChI is InChI=1S/C23H28N2O5S/c1-29-21-12-7-9-18(23(21)30-2)13-14-22(26)24-19-10-8-11-20(17-19)31(27,28)25-15-5-3-4-6-16-25/h7-14,17H,3-6,15-16H2,1-2H3,(H,24,26)/b14-13+. The van der Waals surface area contributed by atoms with Gasteiger partial charge in [0.05, 0.1) is 19.1 Å². The Morgan fingerprint density at radius 1 is 1.00 bits per heavy atom. The summed E-state index contributed by atoms with van der Waals surface area (Å²) in [5.74, 6) is 0.713. The number of hydrogen-bond donors (Lipinski definition) is 1. The van der Waals surface area contributed by atoms with Gasteiger partial charge in [0.1, 0.15) is 0 Å².